The first-order valence-electron chi connectivity index (χ1n) is 4.86. The van der Waals surface area contributed by atoms with E-state index >= 15 is 0 Å². The molecule has 0 aliphatic carbocycles. The van der Waals surface area contributed by atoms with Gasteiger partial charge in [0, 0.05) is 44.0 Å². The third-order valence-electron chi connectivity index (χ3n) is 2.39. The second-order valence-electron chi connectivity index (χ2n) is 3.44. The van der Waals surface area contributed by atoms with Gasteiger partial charge in [0.1, 0.15) is 5.52 Å². The van der Waals surface area contributed by atoms with Gasteiger partial charge >= 0.3 is 0 Å². The number of fused-ring (bicyclic) bond motifs is 1. The van der Waals surface area contributed by atoms with Crippen LogP contribution in [-0.4, -0.2) is 9.97 Å². The molecule has 0 aliphatic heterocycles. The van der Waals surface area contributed by atoms with Crippen molar-refractivity contribution in [3.63, 3.8) is 0 Å². The Morgan fingerprint density at radius 1 is 1.29 bits per heavy atom. The van der Waals surface area contributed by atoms with Crippen LogP contribution >= 0.6 is 43.2 Å². The van der Waals surface area contributed by atoms with Crippen LogP contribution in [0.4, 0.5) is 0 Å². The van der Waals surface area contributed by atoms with E-state index in [-0.39, 0.29) is 0 Å². The van der Waals surface area contributed by atoms with Crippen LogP contribution in [0.5, 0.6) is 0 Å². The van der Waals surface area contributed by atoms with Crippen molar-refractivity contribution in [2.45, 2.75) is 6.42 Å². The van der Waals surface area contributed by atoms with Crippen molar-refractivity contribution in [2.24, 2.45) is 0 Å². The Bertz CT molecular complexity index is 663. The number of oxazole rings is 1. The van der Waals surface area contributed by atoms with Gasteiger partial charge in [-0.3, -0.25) is 0 Å². The predicted octanol–water partition coefficient (Wildman–Crippen LogP) is 4.40. The minimum atomic E-state index is 0.506. The number of nitrogens with zero attached hydrogens (tertiary/aromatic N) is 2. The molecule has 2 aromatic heterocycles. The van der Waals surface area contributed by atoms with Crippen molar-refractivity contribution < 1.29 is 4.42 Å². The molecule has 0 aliphatic rings. The summed E-state index contributed by atoms with van der Waals surface area (Å²) in [6, 6.07) is 3.88. The molecule has 0 radical (unpaired) electrons. The average Bonchev–Trinajstić information content (AvgIpc) is 2.91. The number of aromatic nitrogens is 2. The first-order valence-corrected chi connectivity index (χ1v) is 7.32. The predicted molar refractivity (Wildman–Crippen MR) is 74.3 cm³/mol. The molecule has 0 atom stereocenters. The van der Waals surface area contributed by atoms with Gasteiger partial charge in [-0.1, -0.05) is 15.9 Å². The maximum Gasteiger partial charge on any atom is 0.265 e. The Morgan fingerprint density at radius 3 is 2.94 bits per heavy atom. The molecule has 0 bridgehead atoms. The number of hydrogen-bond acceptors (Lipinski definition) is 4. The maximum absolute atomic E-state index is 5.45. The lowest BCUT2D eigenvalue weighted by Gasteiger charge is -2.02. The Morgan fingerprint density at radius 2 is 2.18 bits per heavy atom. The minimum absolute atomic E-state index is 0.506. The molecular formula is C11H6Br2N2OS. The molecule has 0 spiro atoms. The van der Waals surface area contributed by atoms with E-state index in [0.717, 1.165) is 32.6 Å². The highest BCUT2D eigenvalue weighted by atomic mass is 79.9. The third kappa shape index (κ3) is 2.17. The Hall–Kier alpha value is -0.720. The lowest BCUT2D eigenvalue weighted by atomic mass is 10.1. The van der Waals surface area contributed by atoms with Crippen LogP contribution in [0.1, 0.15) is 10.6 Å². The summed E-state index contributed by atoms with van der Waals surface area (Å²) in [5.74, 6) is 0. The number of hydrogen-bond donors (Lipinski definition) is 0. The zero-order valence-electron chi connectivity index (χ0n) is 8.48. The Balaban J connectivity index is 2.16. The summed E-state index contributed by atoms with van der Waals surface area (Å²) in [7, 11) is 0. The van der Waals surface area contributed by atoms with Gasteiger partial charge in [-0.2, -0.15) is 0 Å². The van der Waals surface area contributed by atoms with Crippen molar-refractivity contribution in [2.75, 3.05) is 0 Å². The second kappa shape index (κ2) is 4.51. The van der Waals surface area contributed by atoms with Gasteiger partial charge in [0.2, 0.25) is 0 Å². The van der Waals surface area contributed by atoms with Crippen LogP contribution in [0.3, 0.4) is 0 Å². The standard InChI is InChI=1S/C11H6Br2N2OS/c12-7-1-2-8-10(15-11(13)16-8)6(7)5-9-14-3-4-17-9/h1-4H,5H2. The molecular weight excluding hydrogens is 368 g/mol. The highest BCUT2D eigenvalue weighted by molar-refractivity contribution is 9.10. The summed E-state index contributed by atoms with van der Waals surface area (Å²) < 4.78 is 6.48. The van der Waals surface area contributed by atoms with Crippen molar-refractivity contribution in [3.05, 3.63) is 43.6 Å². The number of thiazole rings is 1. The fraction of sp³-hybridized carbons (Fsp3) is 0.0909. The molecule has 2 heterocycles. The van der Waals surface area contributed by atoms with Gasteiger partial charge < -0.3 is 4.42 Å². The van der Waals surface area contributed by atoms with Crippen LogP contribution < -0.4 is 0 Å². The molecule has 0 saturated carbocycles. The van der Waals surface area contributed by atoms with Crippen molar-refractivity contribution in [1.29, 1.82) is 0 Å². The average molecular weight is 374 g/mol. The van der Waals surface area contributed by atoms with Crippen LogP contribution in [-0.2, 0) is 6.42 Å². The normalized spacial score (nSPS) is 11.2. The molecule has 0 N–H and O–H groups in total. The van der Waals surface area contributed by atoms with E-state index in [2.05, 4.69) is 41.8 Å². The van der Waals surface area contributed by atoms with Crippen LogP contribution in [0.2, 0.25) is 0 Å². The van der Waals surface area contributed by atoms with E-state index in [0.29, 0.717) is 4.80 Å². The molecule has 3 aromatic rings. The number of rotatable bonds is 2. The largest absolute Gasteiger partial charge is 0.431 e. The van der Waals surface area contributed by atoms with Crippen molar-refractivity contribution in [1.82, 2.24) is 9.97 Å². The van der Waals surface area contributed by atoms with Gasteiger partial charge in [0.05, 0.1) is 5.01 Å². The molecule has 0 amide bonds. The molecule has 6 heteroatoms. The first kappa shape index (κ1) is 11.4. The Labute approximate surface area is 118 Å². The zero-order chi connectivity index (χ0) is 11.8. The second-order valence-corrected chi connectivity index (χ2v) is 5.95. The highest BCUT2D eigenvalue weighted by Gasteiger charge is 2.13. The topological polar surface area (TPSA) is 38.9 Å². The van der Waals surface area contributed by atoms with Crippen LogP contribution in [0.15, 0.2) is 37.4 Å². The SMILES string of the molecule is Brc1nc2c(Cc3nccs3)c(Br)ccc2o1. The van der Waals surface area contributed by atoms with E-state index in [4.69, 9.17) is 4.42 Å². The fourth-order valence-corrected chi connectivity index (χ4v) is 3.10. The smallest absolute Gasteiger partial charge is 0.265 e. The van der Waals surface area contributed by atoms with Gasteiger partial charge in [0.15, 0.2) is 5.58 Å². The molecule has 0 saturated heterocycles. The molecule has 3 rings (SSSR count). The summed E-state index contributed by atoms with van der Waals surface area (Å²) in [4.78, 5) is 9.15. The van der Waals surface area contributed by atoms with Crippen LogP contribution in [0.25, 0.3) is 11.1 Å². The first-order chi connectivity index (χ1) is 8.24. The van der Waals surface area contributed by atoms with Gasteiger partial charge in [-0.15, -0.1) is 11.3 Å². The zero-order valence-corrected chi connectivity index (χ0v) is 12.5. The molecule has 3 nitrogen and oxygen atoms in total. The summed E-state index contributed by atoms with van der Waals surface area (Å²) >= 11 is 8.45. The van der Waals surface area contributed by atoms with Gasteiger partial charge in [-0.05, 0) is 12.1 Å². The van der Waals surface area contributed by atoms with Crippen molar-refractivity contribution >= 4 is 54.3 Å². The van der Waals surface area contributed by atoms with Crippen LogP contribution in [0, 0.1) is 0 Å². The third-order valence-corrected chi connectivity index (χ3v) is 4.26. The van der Waals surface area contributed by atoms with Crippen molar-refractivity contribution in [3.8, 4) is 0 Å². The quantitative estimate of drug-likeness (QED) is 0.668. The monoisotopic (exact) mass is 372 g/mol. The molecule has 17 heavy (non-hydrogen) atoms. The molecule has 1 aromatic carbocycles. The van der Waals surface area contributed by atoms with Gasteiger partial charge in [-0.25, -0.2) is 9.97 Å². The number of benzene rings is 1. The lowest BCUT2D eigenvalue weighted by molar-refractivity contribution is 0.570. The molecule has 0 unspecified atom stereocenters. The summed E-state index contributed by atoms with van der Waals surface area (Å²) in [5, 5.41) is 3.04. The Kier molecular flexibility index (Phi) is 3.02. The lowest BCUT2D eigenvalue weighted by Crippen LogP contribution is -1.90. The number of halogens is 2. The summed E-state index contributed by atoms with van der Waals surface area (Å²) in [5.41, 5.74) is 2.76. The molecule has 0 fully saturated rings. The van der Waals surface area contributed by atoms with E-state index in [1.807, 2.05) is 23.7 Å². The van der Waals surface area contributed by atoms with E-state index in [1.165, 1.54) is 0 Å². The summed E-state index contributed by atoms with van der Waals surface area (Å²) in [6.45, 7) is 0. The summed E-state index contributed by atoms with van der Waals surface area (Å²) in [6.07, 6.45) is 2.57. The fourth-order valence-electron chi connectivity index (χ4n) is 1.66. The molecule has 86 valence electrons. The highest BCUT2D eigenvalue weighted by Crippen LogP contribution is 2.30. The minimum Gasteiger partial charge on any atom is -0.431 e. The van der Waals surface area contributed by atoms with E-state index in [9.17, 15) is 0 Å². The van der Waals surface area contributed by atoms with E-state index in [1.54, 1.807) is 11.3 Å². The van der Waals surface area contributed by atoms with Gasteiger partial charge in [0.25, 0.3) is 4.80 Å². The van der Waals surface area contributed by atoms with E-state index < -0.39 is 0 Å². The maximum atomic E-state index is 5.45.